The van der Waals surface area contributed by atoms with Crippen LogP contribution in [0.1, 0.15) is 6.42 Å². The van der Waals surface area contributed by atoms with Gasteiger partial charge in [0.25, 0.3) is 5.56 Å². The van der Waals surface area contributed by atoms with Gasteiger partial charge in [0.2, 0.25) is 0 Å². The van der Waals surface area contributed by atoms with Gasteiger partial charge < -0.3 is 15.0 Å². The Morgan fingerprint density at radius 3 is 2.85 bits per heavy atom. The first-order chi connectivity index (χ1) is 9.56. The van der Waals surface area contributed by atoms with Crippen molar-refractivity contribution in [3.05, 3.63) is 57.2 Å². The molecule has 0 aliphatic carbocycles. The lowest BCUT2D eigenvalue weighted by atomic mass is 10.3. The minimum Gasteiger partial charge on any atom is -0.493 e. The molecule has 0 unspecified atom stereocenters. The second-order valence-corrected chi connectivity index (χ2v) is 5.13. The molecule has 2 aromatic rings. The molecule has 0 atom stereocenters. The fourth-order valence-electron chi connectivity index (χ4n) is 1.72. The number of aryl methyl sites for hydroxylation is 1. The predicted octanol–water partition coefficient (Wildman–Crippen LogP) is 2.80. The van der Waals surface area contributed by atoms with Gasteiger partial charge in [0.05, 0.1) is 11.1 Å². The van der Waals surface area contributed by atoms with Gasteiger partial charge in [-0.05, 0) is 46.6 Å². The molecule has 1 aromatic carbocycles. The molecular formula is C14H14BrFN2O2. The third-order valence-electron chi connectivity index (χ3n) is 2.71. The van der Waals surface area contributed by atoms with Crippen molar-refractivity contribution in [2.75, 3.05) is 12.3 Å². The van der Waals surface area contributed by atoms with Gasteiger partial charge in [-0.15, -0.1) is 0 Å². The van der Waals surface area contributed by atoms with E-state index in [-0.39, 0.29) is 11.4 Å². The second-order valence-electron chi connectivity index (χ2n) is 4.27. The van der Waals surface area contributed by atoms with Crippen LogP contribution in [-0.2, 0) is 6.54 Å². The van der Waals surface area contributed by atoms with Gasteiger partial charge in [0, 0.05) is 24.5 Å². The number of hydrogen-bond donors (Lipinski definition) is 1. The SMILES string of the molecule is Nc1ccc(=O)n(CCCOc2ccc(F)c(Br)c2)c1. The number of rotatable bonds is 5. The molecule has 1 aromatic heterocycles. The molecule has 0 saturated carbocycles. The van der Waals surface area contributed by atoms with Gasteiger partial charge in [-0.25, -0.2) is 4.39 Å². The average molecular weight is 341 g/mol. The summed E-state index contributed by atoms with van der Waals surface area (Å²) in [5.41, 5.74) is 6.08. The van der Waals surface area contributed by atoms with Crippen molar-refractivity contribution in [2.45, 2.75) is 13.0 Å². The highest BCUT2D eigenvalue weighted by Crippen LogP contribution is 2.21. The van der Waals surface area contributed by atoms with Crippen LogP contribution in [0.15, 0.2) is 45.8 Å². The fourth-order valence-corrected chi connectivity index (χ4v) is 2.07. The highest BCUT2D eigenvalue weighted by atomic mass is 79.9. The zero-order chi connectivity index (χ0) is 14.5. The van der Waals surface area contributed by atoms with E-state index in [0.29, 0.717) is 35.5 Å². The molecule has 0 amide bonds. The molecule has 0 radical (unpaired) electrons. The summed E-state index contributed by atoms with van der Waals surface area (Å²) in [4.78, 5) is 11.5. The summed E-state index contributed by atoms with van der Waals surface area (Å²) in [6.07, 6.45) is 2.26. The first kappa shape index (κ1) is 14.6. The molecule has 0 bridgehead atoms. The molecule has 2 rings (SSSR count). The summed E-state index contributed by atoms with van der Waals surface area (Å²) in [5, 5.41) is 0. The third-order valence-corrected chi connectivity index (χ3v) is 3.32. The Kier molecular flexibility index (Phi) is 4.79. The Bertz CT molecular complexity index is 658. The lowest BCUT2D eigenvalue weighted by Gasteiger charge is -2.08. The van der Waals surface area contributed by atoms with Crippen molar-refractivity contribution in [1.29, 1.82) is 0 Å². The van der Waals surface area contributed by atoms with Gasteiger partial charge in [-0.2, -0.15) is 0 Å². The molecule has 0 fully saturated rings. The van der Waals surface area contributed by atoms with E-state index in [4.69, 9.17) is 10.5 Å². The Morgan fingerprint density at radius 1 is 1.30 bits per heavy atom. The maximum absolute atomic E-state index is 13.0. The van der Waals surface area contributed by atoms with Crippen LogP contribution in [0.25, 0.3) is 0 Å². The molecule has 6 heteroatoms. The van der Waals surface area contributed by atoms with Crippen LogP contribution >= 0.6 is 15.9 Å². The number of ether oxygens (including phenoxy) is 1. The van der Waals surface area contributed by atoms with Crippen LogP contribution in [0.2, 0.25) is 0 Å². The van der Waals surface area contributed by atoms with Crippen LogP contribution in [-0.4, -0.2) is 11.2 Å². The number of benzene rings is 1. The van der Waals surface area contributed by atoms with E-state index < -0.39 is 0 Å². The van der Waals surface area contributed by atoms with Crippen LogP contribution in [0, 0.1) is 5.82 Å². The van der Waals surface area contributed by atoms with E-state index in [9.17, 15) is 9.18 Å². The lowest BCUT2D eigenvalue weighted by Crippen LogP contribution is -2.20. The summed E-state index contributed by atoms with van der Waals surface area (Å²) < 4.78 is 20.4. The monoisotopic (exact) mass is 340 g/mol. The number of nitrogens with zero attached hydrogens (tertiary/aromatic N) is 1. The lowest BCUT2D eigenvalue weighted by molar-refractivity contribution is 0.300. The number of aromatic nitrogens is 1. The summed E-state index contributed by atoms with van der Waals surface area (Å²) in [6, 6.07) is 7.48. The number of nitrogens with two attached hydrogens (primary N) is 1. The number of pyridine rings is 1. The zero-order valence-corrected chi connectivity index (χ0v) is 12.3. The van der Waals surface area contributed by atoms with E-state index in [0.717, 1.165) is 0 Å². The Labute approximate surface area is 124 Å². The fraction of sp³-hybridized carbons (Fsp3) is 0.214. The predicted molar refractivity (Wildman–Crippen MR) is 79.3 cm³/mol. The number of anilines is 1. The van der Waals surface area contributed by atoms with Crippen molar-refractivity contribution in [1.82, 2.24) is 4.57 Å². The minimum atomic E-state index is -0.330. The van der Waals surface area contributed by atoms with E-state index in [1.54, 1.807) is 29.0 Å². The zero-order valence-electron chi connectivity index (χ0n) is 10.7. The van der Waals surface area contributed by atoms with E-state index >= 15 is 0 Å². The smallest absolute Gasteiger partial charge is 0.250 e. The molecule has 4 nitrogen and oxygen atoms in total. The quantitative estimate of drug-likeness (QED) is 0.851. The van der Waals surface area contributed by atoms with Crippen molar-refractivity contribution >= 4 is 21.6 Å². The van der Waals surface area contributed by atoms with Crippen molar-refractivity contribution < 1.29 is 9.13 Å². The largest absolute Gasteiger partial charge is 0.493 e. The first-order valence-corrected chi connectivity index (χ1v) is 6.89. The summed E-state index contributed by atoms with van der Waals surface area (Å²) in [5.74, 6) is 0.252. The Morgan fingerprint density at radius 2 is 2.10 bits per heavy atom. The number of hydrogen-bond acceptors (Lipinski definition) is 3. The summed E-state index contributed by atoms with van der Waals surface area (Å²) >= 11 is 3.09. The molecule has 1 heterocycles. The summed E-state index contributed by atoms with van der Waals surface area (Å²) in [6.45, 7) is 0.950. The van der Waals surface area contributed by atoms with E-state index in [1.807, 2.05) is 0 Å². The standard InChI is InChI=1S/C14H14BrFN2O2/c15-12-8-11(3-4-13(12)16)20-7-1-6-18-9-10(17)2-5-14(18)19/h2-5,8-9H,1,6-7,17H2. The van der Waals surface area contributed by atoms with E-state index in [1.165, 1.54) is 12.1 Å². The Hall–Kier alpha value is -1.82. The van der Waals surface area contributed by atoms with Crippen LogP contribution in [0.4, 0.5) is 10.1 Å². The third kappa shape index (κ3) is 3.84. The molecule has 2 N–H and O–H groups in total. The van der Waals surface area contributed by atoms with E-state index in [2.05, 4.69) is 15.9 Å². The van der Waals surface area contributed by atoms with Gasteiger partial charge >= 0.3 is 0 Å². The molecular weight excluding hydrogens is 327 g/mol. The molecule has 0 saturated heterocycles. The van der Waals surface area contributed by atoms with Gasteiger partial charge in [0.15, 0.2) is 0 Å². The van der Waals surface area contributed by atoms with Crippen LogP contribution in [0.3, 0.4) is 0 Å². The van der Waals surface area contributed by atoms with Crippen LogP contribution in [0.5, 0.6) is 5.75 Å². The van der Waals surface area contributed by atoms with Crippen molar-refractivity contribution in [2.24, 2.45) is 0 Å². The highest BCUT2D eigenvalue weighted by Gasteiger charge is 2.01. The molecule has 106 valence electrons. The Balaban J connectivity index is 1.86. The van der Waals surface area contributed by atoms with Crippen LogP contribution < -0.4 is 16.0 Å². The number of halogens is 2. The maximum Gasteiger partial charge on any atom is 0.250 e. The van der Waals surface area contributed by atoms with Crippen molar-refractivity contribution in [3.8, 4) is 5.75 Å². The van der Waals surface area contributed by atoms with Gasteiger partial charge in [-0.3, -0.25) is 4.79 Å². The molecule has 0 spiro atoms. The summed E-state index contributed by atoms with van der Waals surface area (Å²) in [7, 11) is 0. The molecule has 20 heavy (non-hydrogen) atoms. The second kappa shape index (κ2) is 6.56. The number of nitrogen functional groups attached to an aromatic ring is 1. The normalized spacial score (nSPS) is 10.5. The molecule has 0 aliphatic rings. The molecule has 0 aliphatic heterocycles. The average Bonchev–Trinajstić information content (AvgIpc) is 2.42. The van der Waals surface area contributed by atoms with Gasteiger partial charge in [-0.1, -0.05) is 0 Å². The minimum absolute atomic E-state index is 0.0938. The van der Waals surface area contributed by atoms with Crippen molar-refractivity contribution in [3.63, 3.8) is 0 Å². The topological polar surface area (TPSA) is 57.2 Å². The maximum atomic E-state index is 13.0. The highest BCUT2D eigenvalue weighted by molar-refractivity contribution is 9.10. The first-order valence-electron chi connectivity index (χ1n) is 6.10. The van der Waals surface area contributed by atoms with Gasteiger partial charge in [0.1, 0.15) is 11.6 Å².